The summed E-state index contributed by atoms with van der Waals surface area (Å²) in [4.78, 5) is 33.6. The molecule has 0 saturated carbocycles. The maximum atomic E-state index is 13.1. The van der Waals surface area contributed by atoms with E-state index >= 15 is 0 Å². The van der Waals surface area contributed by atoms with Gasteiger partial charge in [0.1, 0.15) is 11.5 Å². The van der Waals surface area contributed by atoms with Crippen LogP contribution in [0.25, 0.3) is 0 Å². The van der Waals surface area contributed by atoms with Crippen LogP contribution in [0.2, 0.25) is 0 Å². The first-order valence-corrected chi connectivity index (χ1v) is 10.4. The molecule has 2 aromatic rings. The fourth-order valence-corrected chi connectivity index (χ4v) is 4.42. The quantitative estimate of drug-likeness (QED) is 0.761. The monoisotopic (exact) mass is 408 g/mol. The third-order valence-corrected chi connectivity index (χ3v) is 6.09. The third-order valence-electron chi connectivity index (χ3n) is 6.09. The third kappa shape index (κ3) is 4.31. The molecule has 4 rings (SSSR count). The van der Waals surface area contributed by atoms with Crippen LogP contribution in [0.4, 0.5) is 5.82 Å². The normalized spacial score (nSPS) is 21.2. The number of carbonyl (C=O) groups is 2. The second-order valence-electron chi connectivity index (χ2n) is 8.05. The van der Waals surface area contributed by atoms with Crippen LogP contribution in [0, 0.1) is 0 Å². The van der Waals surface area contributed by atoms with E-state index in [4.69, 9.17) is 4.74 Å². The number of benzene rings is 1. The second-order valence-corrected chi connectivity index (χ2v) is 8.05. The van der Waals surface area contributed by atoms with Gasteiger partial charge in [0.05, 0.1) is 13.7 Å². The van der Waals surface area contributed by atoms with Crippen molar-refractivity contribution in [2.45, 2.75) is 24.8 Å². The molecule has 2 aliphatic rings. The molecular weight excluding hydrogens is 380 g/mol. The molecule has 1 saturated heterocycles. The number of rotatable bonds is 5. The summed E-state index contributed by atoms with van der Waals surface area (Å²) in [5, 5.41) is 3.20. The van der Waals surface area contributed by atoms with Crippen molar-refractivity contribution in [3.8, 4) is 0 Å². The number of methoxy groups -OCH3 is 1. The van der Waals surface area contributed by atoms with Crippen molar-refractivity contribution >= 4 is 17.7 Å². The molecule has 0 bridgehead atoms. The highest BCUT2D eigenvalue weighted by Crippen LogP contribution is 2.29. The van der Waals surface area contributed by atoms with Gasteiger partial charge in [0.2, 0.25) is 0 Å². The lowest BCUT2D eigenvalue weighted by Gasteiger charge is -2.38. The van der Waals surface area contributed by atoms with E-state index in [2.05, 4.69) is 27.3 Å². The maximum Gasteiger partial charge on any atom is 0.319 e. The Hall–Kier alpha value is -2.93. The van der Waals surface area contributed by atoms with E-state index in [0.29, 0.717) is 12.2 Å². The summed E-state index contributed by atoms with van der Waals surface area (Å²) in [7, 11) is 3.40. The zero-order valence-electron chi connectivity index (χ0n) is 17.5. The Morgan fingerprint density at radius 3 is 2.73 bits per heavy atom. The predicted molar refractivity (Wildman–Crippen MR) is 115 cm³/mol. The van der Waals surface area contributed by atoms with Gasteiger partial charge in [-0.15, -0.1) is 0 Å². The summed E-state index contributed by atoms with van der Waals surface area (Å²) in [6.45, 7) is 2.52. The molecule has 1 aromatic carbocycles. The van der Waals surface area contributed by atoms with Crippen molar-refractivity contribution in [1.82, 2.24) is 15.2 Å². The van der Waals surface area contributed by atoms with Crippen LogP contribution in [0.3, 0.4) is 0 Å². The highest BCUT2D eigenvalue weighted by atomic mass is 16.5. The summed E-state index contributed by atoms with van der Waals surface area (Å²) in [6, 6.07) is 13.9. The van der Waals surface area contributed by atoms with Gasteiger partial charge in [-0.2, -0.15) is 0 Å². The maximum absolute atomic E-state index is 13.1. The summed E-state index contributed by atoms with van der Waals surface area (Å²) >= 11 is 0. The summed E-state index contributed by atoms with van der Waals surface area (Å²) in [5.41, 5.74) is 2.81. The number of hydrogen-bond donors (Lipinski definition) is 1. The number of fused-ring (bicyclic) bond motifs is 1. The van der Waals surface area contributed by atoms with Gasteiger partial charge in [-0.05, 0) is 36.6 Å². The van der Waals surface area contributed by atoms with Crippen LogP contribution in [0.5, 0.6) is 0 Å². The number of aromatic nitrogens is 1. The fraction of sp³-hybridized carbons (Fsp3) is 0.435. The van der Waals surface area contributed by atoms with Crippen molar-refractivity contribution < 1.29 is 14.3 Å². The molecule has 3 heterocycles. The minimum Gasteiger partial charge on any atom is -0.468 e. The standard InChI is InChI=1S/C23H28N4O3/c1-26-12-10-17-8-9-19(24-22(17)26)23(29)25-20-14-27(15-21(28)30-2)13-11-18(20)16-6-4-3-5-7-16/h3-9,18,20H,10-15H2,1-2H3,(H,25,29)/t18-,20+/m0/s1. The van der Waals surface area contributed by atoms with Crippen molar-refractivity contribution in [3.63, 3.8) is 0 Å². The van der Waals surface area contributed by atoms with Crippen LogP contribution < -0.4 is 10.2 Å². The lowest BCUT2D eigenvalue weighted by molar-refractivity contribution is -0.142. The predicted octanol–water partition coefficient (Wildman–Crippen LogP) is 1.83. The molecular formula is C23H28N4O3. The molecule has 1 amide bonds. The summed E-state index contributed by atoms with van der Waals surface area (Å²) < 4.78 is 4.82. The van der Waals surface area contributed by atoms with E-state index in [9.17, 15) is 9.59 Å². The van der Waals surface area contributed by atoms with E-state index in [1.807, 2.05) is 36.2 Å². The summed E-state index contributed by atoms with van der Waals surface area (Å²) in [6.07, 6.45) is 1.81. The van der Waals surface area contributed by atoms with Crippen molar-refractivity contribution in [2.75, 3.05) is 45.2 Å². The highest BCUT2D eigenvalue weighted by Gasteiger charge is 2.33. The van der Waals surface area contributed by atoms with Crippen molar-refractivity contribution in [2.24, 2.45) is 0 Å². The fourth-order valence-electron chi connectivity index (χ4n) is 4.42. The van der Waals surface area contributed by atoms with Gasteiger partial charge in [0.15, 0.2) is 0 Å². The van der Waals surface area contributed by atoms with Crippen LogP contribution in [-0.2, 0) is 16.0 Å². The Kier molecular flexibility index (Phi) is 5.99. The summed E-state index contributed by atoms with van der Waals surface area (Å²) in [5.74, 6) is 0.630. The van der Waals surface area contributed by atoms with E-state index in [1.165, 1.54) is 18.2 Å². The molecule has 0 unspecified atom stereocenters. The number of likely N-dealkylation sites (N-methyl/N-ethyl adjacent to an activating group) is 1. The zero-order chi connectivity index (χ0) is 21.1. The topological polar surface area (TPSA) is 74.8 Å². The number of hydrogen-bond acceptors (Lipinski definition) is 6. The Bertz CT molecular complexity index is 918. The molecule has 2 atom stereocenters. The molecule has 30 heavy (non-hydrogen) atoms. The second kappa shape index (κ2) is 8.83. The van der Waals surface area contributed by atoms with E-state index in [-0.39, 0.29) is 30.4 Å². The molecule has 158 valence electrons. The van der Waals surface area contributed by atoms with Gasteiger partial charge >= 0.3 is 5.97 Å². The van der Waals surface area contributed by atoms with Crippen LogP contribution >= 0.6 is 0 Å². The van der Waals surface area contributed by atoms with Crippen molar-refractivity contribution in [1.29, 1.82) is 0 Å². The number of piperidine rings is 1. The van der Waals surface area contributed by atoms with Gasteiger partial charge in [0, 0.05) is 32.1 Å². The van der Waals surface area contributed by atoms with Gasteiger partial charge in [-0.3, -0.25) is 14.5 Å². The molecule has 1 fully saturated rings. The largest absolute Gasteiger partial charge is 0.468 e. The molecule has 1 N–H and O–H groups in total. The first kappa shape index (κ1) is 20.3. The van der Waals surface area contributed by atoms with Gasteiger partial charge in [0.25, 0.3) is 5.91 Å². The molecule has 0 aliphatic carbocycles. The van der Waals surface area contributed by atoms with Crippen molar-refractivity contribution in [3.05, 3.63) is 59.3 Å². The van der Waals surface area contributed by atoms with E-state index < -0.39 is 0 Å². The molecule has 7 nitrogen and oxygen atoms in total. The van der Waals surface area contributed by atoms with E-state index in [0.717, 1.165) is 31.7 Å². The minimum absolute atomic E-state index is 0.119. The average molecular weight is 409 g/mol. The first-order valence-electron chi connectivity index (χ1n) is 10.4. The molecule has 7 heteroatoms. The lowest BCUT2D eigenvalue weighted by atomic mass is 9.85. The zero-order valence-corrected chi connectivity index (χ0v) is 17.5. The number of nitrogens with one attached hydrogen (secondary N) is 1. The Morgan fingerprint density at radius 2 is 1.97 bits per heavy atom. The van der Waals surface area contributed by atoms with Gasteiger partial charge in [-0.25, -0.2) is 4.98 Å². The minimum atomic E-state index is -0.262. The molecule has 1 aromatic heterocycles. The number of likely N-dealkylation sites (tertiary alicyclic amines) is 1. The molecule has 0 radical (unpaired) electrons. The number of pyridine rings is 1. The Balaban J connectivity index is 1.53. The molecule has 0 spiro atoms. The average Bonchev–Trinajstić information content (AvgIpc) is 3.14. The van der Waals surface area contributed by atoms with Crippen LogP contribution in [0.1, 0.15) is 34.0 Å². The Labute approximate surface area is 177 Å². The Morgan fingerprint density at radius 1 is 1.17 bits per heavy atom. The molecule has 2 aliphatic heterocycles. The number of amides is 1. The van der Waals surface area contributed by atoms with Gasteiger partial charge in [-0.1, -0.05) is 36.4 Å². The highest BCUT2D eigenvalue weighted by molar-refractivity contribution is 5.93. The lowest BCUT2D eigenvalue weighted by Crippen LogP contribution is -2.52. The van der Waals surface area contributed by atoms with Crippen LogP contribution in [0.15, 0.2) is 42.5 Å². The smallest absolute Gasteiger partial charge is 0.319 e. The number of esters is 1. The number of nitrogens with zero attached hydrogens (tertiary/aromatic N) is 3. The SMILES string of the molecule is COC(=O)CN1CC[C@@H](c2ccccc2)[C@H](NC(=O)c2ccc3c(n2)N(C)CC3)C1. The number of anilines is 1. The van der Waals surface area contributed by atoms with Gasteiger partial charge < -0.3 is 15.0 Å². The first-order chi connectivity index (χ1) is 14.5. The number of carbonyl (C=O) groups excluding carboxylic acids is 2. The van der Waals surface area contributed by atoms with Crippen LogP contribution in [-0.4, -0.2) is 68.1 Å². The van der Waals surface area contributed by atoms with E-state index in [1.54, 1.807) is 6.07 Å². The number of ether oxygens (including phenoxy) is 1.